The van der Waals surface area contributed by atoms with Crippen LogP contribution in [-0.4, -0.2) is 38.0 Å². The maximum atomic E-state index is 10.1. The van der Waals surface area contributed by atoms with Gasteiger partial charge in [-0.15, -0.1) is 0 Å². The molecule has 140 valence electrons. The van der Waals surface area contributed by atoms with Gasteiger partial charge in [0.25, 0.3) is 0 Å². The highest BCUT2D eigenvalue weighted by atomic mass is 16.5. The van der Waals surface area contributed by atoms with Crippen LogP contribution in [0.5, 0.6) is 11.5 Å². The molecule has 0 spiro atoms. The Morgan fingerprint density at radius 2 is 1.70 bits per heavy atom. The molecule has 0 saturated heterocycles. The number of para-hydroxylation sites is 1. The fraction of sp³-hybridized carbons (Fsp3) is 0.217. The lowest BCUT2D eigenvalue weighted by Crippen LogP contribution is -2.31. The minimum absolute atomic E-state index is 0.247. The van der Waals surface area contributed by atoms with Crippen LogP contribution < -0.4 is 14.8 Å². The van der Waals surface area contributed by atoms with E-state index < -0.39 is 6.10 Å². The first kappa shape index (κ1) is 19.0. The van der Waals surface area contributed by atoms with E-state index in [9.17, 15) is 5.11 Å². The molecule has 0 aliphatic heterocycles. The van der Waals surface area contributed by atoms with Crippen molar-refractivity contribution in [3.05, 3.63) is 78.4 Å². The summed E-state index contributed by atoms with van der Waals surface area (Å²) in [4.78, 5) is 0. The molecule has 1 atom stereocenters. The van der Waals surface area contributed by atoms with Crippen LogP contribution in [0.15, 0.2) is 72.8 Å². The van der Waals surface area contributed by atoms with Gasteiger partial charge in [0, 0.05) is 24.0 Å². The molecule has 0 amide bonds. The molecule has 27 heavy (non-hydrogen) atoms. The molecule has 0 fully saturated rings. The lowest BCUT2D eigenvalue weighted by atomic mass is 10.1. The Labute approximate surface area is 160 Å². The molecule has 0 aliphatic carbocycles. The molecule has 2 N–H and O–H groups in total. The monoisotopic (exact) mass is 363 g/mol. The summed E-state index contributed by atoms with van der Waals surface area (Å²) in [6.07, 6.45) is 3.43. The van der Waals surface area contributed by atoms with Gasteiger partial charge in [-0.05, 0) is 17.5 Å². The van der Waals surface area contributed by atoms with E-state index >= 15 is 0 Å². The largest absolute Gasteiger partial charge is 0.496 e. The third-order valence-corrected chi connectivity index (χ3v) is 4.26. The molecular formula is C23H25NO3. The third-order valence-electron chi connectivity index (χ3n) is 4.26. The van der Waals surface area contributed by atoms with Crippen molar-refractivity contribution in [3.8, 4) is 11.5 Å². The summed E-state index contributed by atoms with van der Waals surface area (Å²) in [7, 11) is 1.66. The molecule has 4 heteroatoms. The quantitative estimate of drug-likeness (QED) is 0.566. The number of hydrogen-bond donors (Lipinski definition) is 2. The molecule has 0 aromatic heterocycles. The van der Waals surface area contributed by atoms with E-state index in [1.165, 1.54) is 0 Å². The van der Waals surface area contributed by atoms with Gasteiger partial charge in [0.1, 0.15) is 24.2 Å². The van der Waals surface area contributed by atoms with Crippen LogP contribution in [0.25, 0.3) is 16.8 Å². The smallest absolute Gasteiger partial charge is 0.127 e. The Morgan fingerprint density at radius 1 is 0.963 bits per heavy atom. The second-order valence-electron chi connectivity index (χ2n) is 6.24. The fourth-order valence-corrected chi connectivity index (χ4v) is 2.89. The number of hydrogen-bond acceptors (Lipinski definition) is 4. The van der Waals surface area contributed by atoms with Crippen LogP contribution in [0.1, 0.15) is 5.56 Å². The Hall–Kier alpha value is -2.82. The topological polar surface area (TPSA) is 50.7 Å². The molecule has 3 aromatic carbocycles. The number of aliphatic hydroxyl groups is 1. The number of benzene rings is 3. The lowest BCUT2D eigenvalue weighted by molar-refractivity contribution is 0.108. The Balaban J connectivity index is 1.43. The maximum absolute atomic E-state index is 10.1. The van der Waals surface area contributed by atoms with Gasteiger partial charge < -0.3 is 19.9 Å². The summed E-state index contributed by atoms with van der Waals surface area (Å²) in [5.41, 5.74) is 1.03. The van der Waals surface area contributed by atoms with E-state index in [2.05, 4.69) is 5.32 Å². The molecule has 3 aromatic rings. The van der Waals surface area contributed by atoms with E-state index in [-0.39, 0.29) is 6.61 Å². The minimum Gasteiger partial charge on any atom is -0.496 e. The van der Waals surface area contributed by atoms with Crippen LogP contribution in [0, 0.1) is 0 Å². The molecular weight excluding hydrogens is 338 g/mol. The standard InChI is InChI=1S/C23H25NO3/c1-26-22-13-5-3-9-19(22)11-7-15-24-16-20(25)17-27-23-14-6-10-18-8-2-4-12-21(18)23/h2-14,20,24-25H,15-17H2,1H3. The average molecular weight is 363 g/mol. The second kappa shape index (κ2) is 9.76. The average Bonchev–Trinajstić information content (AvgIpc) is 2.72. The first-order valence-corrected chi connectivity index (χ1v) is 9.07. The molecule has 0 aliphatic rings. The summed E-state index contributed by atoms with van der Waals surface area (Å²) >= 11 is 0. The van der Waals surface area contributed by atoms with Gasteiger partial charge in [0.2, 0.25) is 0 Å². The number of nitrogens with one attached hydrogen (secondary N) is 1. The van der Waals surface area contributed by atoms with Gasteiger partial charge in [-0.1, -0.05) is 66.7 Å². The predicted octanol–water partition coefficient (Wildman–Crippen LogP) is 3.89. The zero-order chi connectivity index (χ0) is 18.9. The fourth-order valence-electron chi connectivity index (χ4n) is 2.89. The number of rotatable bonds is 9. The highest BCUT2D eigenvalue weighted by Crippen LogP contribution is 2.25. The predicted molar refractivity (Wildman–Crippen MR) is 110 cm³/mol. The van der Waals surface area contributed by atoms with Crippen molar-refractivity contribution in [2.45, 2.75) is 6.10 Å². The summed E-state index contributed by atoms with van der Waals surface area (Å²) in [5.74, 6) is 1.64. The zero-order valence-corrected chi connectivity index (χ0v) is 15.5. The Bertz CT molecular complexity index is 886. The molecule has 0 heterocycles. The van der Waals surface area contributed by atoms with Gasteiger partial charge in [0.05, 0.1) is 7.11 Å². The van der Waals surface area contributed by atoms with E-state index in [1.807, 2.05) is 78.9 Å². The number of fused-ring (bicyclic) bond motifs is 1. The Kier molecular flexibility index (Phi) is 6.85. The Morgan fingerprint density at radius 3 is 2.59 bits per heavy atom. The zero-order valence-electron chi connectivity index (χ0n) is 15.5. The summed E-state index contributed by atoms with van der Waals surface area (Å²) < 4.78 is 11.1. The van der Waals surface area contributed by atoms with Crippen molar-refractivity contribution in [1.29, 1.82) is 0 Å². The van der Waals surface area contributed by atoms with Crippen molar-refractivity contribution in [3.63, 3.8) is 0 Å². The normalized spacial score (nSPS) is 12.4. The van der Waals surface area contributed by atoms with Crippen molar-refractivity contribution >= 4 is 16.8 Å². The number of aliphatic hydroxyl groups excluding tert-OH is 1. The third kappa shape index (κ3) is 5.33. The molecule has 4 nitrogen and oxygen atoms in total. The summed E-state index contributed by atoms with van der Waals surface area (Å²) in [6, 6.07) is 21.9. The van der Waals surface area contributed by atoms with Gasteiger partial charge in [0.15, 0.2) is 0 Å². The summed E-state index contributed by atoms with van der Waals surface area (Å²) in [6.45, 7) is 1.36. The van der Waals surface area contributed by atoms with Gasteiger partial charge in [-0.25, -0.2) is 0 Å². The molecule has 0 bridgehead atoms. The number of ether oxygens (including phenoxy) is 2. The molecule has 1 unspecified atom stereocenters. The molecule has 0 saturated carbocycles. The first-order valence-electron chi connectivity index (χ1n) is 9.07. The lowest BCUT2D eigenvalue weighted by Gasteiger charge is -2.14. The highest BCUT2D eigenvalue weighted by Gasteiger charge is 2.06. The maximum Gasteiger partial charge on any atom is 0.127 e. The summed E-state index contributed by atoms with van der Waals surface area (Å²) in [5, 5.41) is 15.5. The van der Waals surface area contributed by atoms with Gasteiger partial charge in [-0.2, -0.15) is 0 Å². The van der Waals surface area contributed by atoms with Crippen LogP contribution >= 0.6 is 0 Å². The highest BCUT2D eigenvalue weighted by molar-refractivity contribution is 5.88. The van der Waals surface area contributed by atoms with Crippen molar-refractivity contribution < 1.29 is 14.6 Å². The first-order chi connectivity index (χ1) is 13.3. The minimum atomic E-state index is -0.580. The molecule has 0 radical (unpaired) electrons. The van der Waals surface area contributed by atoms with E-state index in [0.717, 1.165) is 27.8 Å². The molecule has 3 rings (SSSR count). The second-order valence-corrected chi connectivity index (χ2v) is 6.24. The van der Waals surface area contributed by atoms with E-state index in [4.69, 9.17) is 9.47 Å². The van der Waals surface area contributed by atoms with Crippen molar-refractivity contribution in [2.75, 3.05) is 26.8 Å². The van der Waals surface area contributed by atoms with E-state index in [1.54, 1.807) is 7.11 Å². The van der Waals surface area contributed by atoms with Crippen molar-refractivity contribution in [1.82, 2.24) is 5.32 Å². The van der Waals surface area contributed by atoms with Crippen LogP contribution in [-0.2, 0) is 0 Å². The van der Waals surface area contributed by atoms with Gasteiger partial charge >= 0.3 is 0 Å². The number of methoxy groups -OCH3 is 1. The van der Waals surface area contributed by atoms with Crippen molar-refractivity contribution in [2.24, 2.45) is 0 Å². The van der Waals surface area contributed by atoms with Crippen LogP contribution in [0.4, 0.5) is 0 Å². The van der Waals surface area contributed by atoms with E-state index in [0.29, 0.717) is 13.1 Å². The van der Waals surface area contributed by atoms with Gasteiger partial charge in [-0.3, -0.25) is 0 Å². The van der Waals surface area contributed by atoms with Crippen LogP contribution in [0.2, 0.25) is 0 Å². The SMILES string of the molecule is COc1ccccc1C=CCNCC(O)COc1cccc2ccccc12. The van der Waals surface area contributed by atoms with Crippen LogP contribution in [0.3, 0.4) is 0 Å².